The maximum atomic E-state index is 12.9. The maximum Gasteiger partial charge on any atom is 0.307 e. The first kappa shape index (κ1) is 19.9. The number of anilines is 1. The lowest BCUT2D eigenvalue weighted by Gasteiger charge is -2.36. The van der Waals surface area contributed by atoms with Gasteiger partial charge in [0.2, 0.25) is 5.91 Å². The molecule has 156 valence electrons. The van der Waals surface area contributed by atoms with Crippen LogP contribution < -0.4 is 5.32 Å². The highest BCUT2D eigenvalue weighted by atomic mass is 16.6. The van der Waals surface area contributed by atoms with Crippen molar-refractivity contribution in [3.8, 4) is 0 Å². The topological polar surface area (TPSA) is 75.7 Å². The summed E-state index contributed by atoms with van der Waals surface area (Å²) in [6, 6.07) is 7.07. The number of amides is 2. The van der Waals surface area contributed by atoms with Crippen LogP contribution in [0.1, 0.15) is 68.6 Å². The second-order valence-corrected chi connectivity index (χ2v) is 8.90. The van der Waals surface area contributed by atoms with E-state index in [-0.39, 0.29) is 24.2 Å². The molecule has 2 amide bonds. The predicted octanol–water partition coefficient (Wildman–Crippen LogP) is 3.76. The van der Waals surface area contributed by atoms with Gasteiger partial charge in [-0.25, -0.2) is 0 Å². The lowest BCUT2D eigenvalue weighted by Crippen LogP contribution is -2.43. The molecule has 2 heterocycles. The standard InChI is InChI=1S/C23H30N2O4/c1-16-9-13-25(14-10-16)22(28)17-5-7-18(8-6-17)24-21(27)19-15-20(26)29-23(19)11-3-2-4-12-23/h5-8,16,19H,2-4,9-15H2,1H3,(H,24,27). The van der Waals surface area contributed by atoms with Crippen molar-refractivity contribution in [2.45, 2.75) is 63.9 Å². The molecule has 1 aromatic carbocycles. The van der Waals surface area contributed by atoms with Crippen molar-refractivity contribution in [1.82, 2.24) is 4.90 Å². The van der Waals surface area contributed by atoms with Gasteiger partial charge in [-0.1, -0.05) is 13.3 Å². The Kier molecular flexibility index (Phi) is 5.61. The van der Waals surface area contributed by atoms with E-state index in [0.29, 0.717) is 17.2 Å². The Labute approximate surface area is 172 Å². The van der Waals surface area contributed by atoms with Crippen LogP contribution in [0.2, 0.25) is 0 Å². The first-order chi connectivity index (χ1) is 14.0. The van der Waals surface area contributed by atoms with E-state index in [1.807, 2.05) is 4.90 Å². The number of esters is 1. The van der Waals surface area contributed by atoms with Crippen molar-refractivity contribution in [2.75, 3.05) is 18.4 Å². The van der Waals surface area contributed by atoms with Crippen LogP contribution in [0.25, 0.3) is 0 Å². The summed E-state index contributed by atoms with van der Waals surface area (Å²) in [4.78, 5) is 39.4. The van der Waals surface area contributed by atoms with Crippen molar-refractivity contribution < 1.29 is 19.1 Å². The Hall–Kier alpha value is -2.37. The Balaban J connectivity index is 1.40. The zero-order chi connectivity index (χ0) is 20.4. The molecule has 1 atom stereocenters. The molecule has 0 aromatic heterocycles. The number of nitrogens with one attached hydrogen (secondary N) is 1. The average molecular weight is 399 g/mol. The third kappa shape index (κ3) is 4.16. The van der Waals surface area contributed by atoms with Crippen LogP contribution in [-0.4, -0.2) is 41.4 Å². The predicted molar refractivity (Wildman–Crippen MR) is 109 cm³/mol. The minimum Gasteiger partial charge on any atom is -0.458 e. The van der Waals surface area contributed by atoms with E-state index >= 15 is 0 Å². The van der Waals surface area contributed by atoms with E-state index in [1.165, 1.54) is 0 Å². The second kappa shape index (κ2) is 8.17. The molecule has 1 aromatic rings. The van der Waals surface area contributed by atoms with Gasteiger partial charge in [-0.2, -0.15) is 0 Å². The van der Waals surface area contributed by atoms with Crippen LogP contribution in [0.3, 0.4) is 0 Å². The summed E-state index contributed by atoms with van der Waals surface area (Å²) in [6.07, 6.45) is 6.87. The summed E-state index contributed by atoms with van der Waals surface area (Å²) in [5, 5.41) is 2.93. The Morgan fingerprint density at radius 3 is 2.38 bits per heavy atom. The van der Waals surface area contributed by atoms with Gasteiger partial charge in [-0.15, -0.1) is 0 Å². The SMILES string of the molecule is CC1CCN(C(=O)c2ccc(NC(=O)C3CC(=O)OC34CCCCC4)cc2)CC1. The van der Waals surface area contributed by atoms with Gasteiger partial charge in [0, 0.05) is 24.3 Å². The molecule has 3 fully saturated rings. The summed E-state index contributed by atoms with van der Waals surface area (Å²) in [5.41, 5.74) is 0.658. The van der Waals surface area contributed by atoms with E-state index in [2.05, 4.69) is 12.2 Å². The Bertz CT molecular complexity index is 775. The second-order valence-electron chi connectivity index (χ2n) is 8.90. The van der Waals surface area contributed by atoms with E-state index in [1.54, 1.807) is 24.3 Å². The van der Waals surface area contributed by atoms with Crippen molar-refractivity contribution in [3.63, 3.8) is 0 Å². The van der Waals surface area contributed by atoms with Gasteiger partial charge in [0.15, 0.2) is 0 Å². The van der Waals surface area contributed by atoms with Crippen LogP contribution >= 0.6 is 0 Å². The fourth-order valence-corrected chi connectivity index (χ4v) is 4.94. The number of hydrogen-bond donors (Lipinski definition) is 1. The summed E-state index contributed by atoms with van der Waals surface area (Å²) in [6.45, 7) is 3.83. The zero-order valence-electron chi connectivity index (χ0n) is 17.1. The van der Waals surface area contributed by atoms with E-state index in [0.717, 1.165) is 58.0 Å². The van der Waals surface area contributed by atoms with E-state index < -0.39 is 11.5 Å². The highest BCUT2D eigenvalue weighted by Crippen LogP contribution is 2.44. The fraction of sp³-hybridized carbons (Fsp3) is 0.609. The summed E-state index contributed by atoms with van der Waals surface area (Å²) in [7, 11) is 0. The minimum atomic E-state index is -0.624. The minimum absolute atomic E-state index is 0.0470. The molecule has 1 aliphatic carbocycles. The lowest BCUT2D eigenvalue weighted by atomic mass is 9.75. The molecule has 1 unspecified atom stereocenters. The number of piperidine rings is 1. The van der Waals surface area contributed by atoms with Crippen molar-refractivity contribution >= 4 is 23.5 Å². The van der Waals surface area contributed by atoms with Gasteiger partial charge < -0.3 is 15.0 Å². The molecule has 2 saturated heterocycles. The number of rotatable bonds is 3. The largest absolute Gasteiger partial charge is 0.458 e. The smallest absolute Gasteiger partial charge is 0.307 e. The molecular weight excluding hydrogens is 368 g/mol. The normalized spacial score (nSPS) is 24.4. The van der Waals surface area contributed by atoms with E-state index in [4.69, 9.17) is 4.74 Å². The molecule has 6 nitrogen and oxygen atoms in total. The number of ether oxygens (including phenoxy) is 1. The van der Waals surface area contributed by atoms with Crippen LogP contribution in [0.15, 0.2) is 24.3 Å². The van der Waals surface area contributed by atoms with Crippen molar-refractivity contribution in [1.29, 1.82) is 0 Å². The molecule has 6 heteroatoms. The number of nitrogens with zero attached hydrogens (tertiary/aromatic N) is 1. The molecule has 1 saturated carbocycles. The van der Waals surface area contributed by atoms with Crippen LogP contribution in [-0.2, 0) is 14.3 Å². The molecule has 0 bridgehead atoms. The molecule has 0 radical (unpaired) electrons. The molecule has 1 spiro atoms. The molecule has 4 rings (SSSR count). The van der Waals surface area contributed by atoms with Crippen LogP contribution in [0.4, 0.5) is 5.69 Å². The lowest BCUT2D eigenvalue weighted by molar-refractivity contribution is -0.153. The van der Waals surface area contributed by atoms with Gasteiger partial charge >= 0.3 is 5.97 Å². The number of carbonyl (C=O) groups excluding carboxylic acids is 3. The van der Waals surface area contributed by atoms with Crippen LogP contribution in [0, 0.1) is 11.8 Å². The maximum absolute atomic E-state index is 12.9. The summed E-state index contributed by atoms with van der Waals surface area (Å²) < 4.78 is 5.64. The monoisotopic (exact) mass is 398 g/mol. The number of benzene rings is 1. The highest BCUT2D eigenvalue weighted by molar-refractivity contribution is 5.98. The average Bonchev–Trinajstić information content (AvgIpc) is 3.04. The molecule has 29 heavy (non-hydrogen) atoms. The van der Waals surface area contributed by atoms with Gasteiger partial charge in [-0.3, -0.25) is 14.4 Å². The van der Waals surface area contributed by atoms with Gasteiger partial charge in [0.05, 0.1) is 12.3 Å². The van der Waals surface area contributed by atoms with Crippen molar-refractivity contribution in [3.05, 3.63) is 29.8 Å². The first-order valence-electron chi connectivity index (χ1n) is 10.9. The Morgan fingerprint density at radius 2 is 1.72 bits per heavy atom. The molecule has 2 aliphatic heterocycles. The number of likely N-dealkylation sites (tertiary alicyclic amines) is 1. The quantitative estimate of drug-likeness (QED) is 0.787. The fourth-order valence-electron chi connectivity index (χ4n) is 4.94. The molecular formula is C23H30N2O4. The molecule has 1 N–H and O–H groups in total. The van der Waals surface area contributed by atoms with Gasteiger partial charge in [0.1, 0.15) is 5.60 Å². The number of carbonyl (C=O) groups is 3. The van der Waals surface area contributed by atoms with Crippen molar-refractivity contribution in [2.24, 2.45) is 11.8 Å². The van der Waals surface area contributed by atoms with Crippen LogP contribution in [0.5, 0.6) is 0 Å². The summed E-state index contributed by atoms with van der Waals surface area (Å²) >= 11 is 0. The third-order valence-corrected chi connectivity index (χ3v) is 6.81. The third-order valence-electron chi connectivity index (χ3n) is 6.81. The first-order valence-corrected chi connectivity index (χ1v) is 10.9. The Morgan fingerprint density at radius 1 is 1.07 bits per heavy atom. The highest BCUT2D eigenvalue weighted by Gasteiger charge is 2.52. The van der Waals surface area contributed by atoms with E-state index in [9.17, 15) is 14.4 Å². The zero-order valence-corrected chi connectivity index (χ0v) is 17.1. The number of hydrogen-bond acceptors (Lipinski definition) is 4. The van der Waals surface area contributed by atoms with Gasteiger partial charge in [-0.05, 0) is 68.7 Å². The molecule has 3 aliphatic rings. The van der Waals surface area contributed by atoms with Gasteiger partial charge in [0.25, 0.3) is 5.91 Å². The summed E-state index contributed by atoms with van der Waals surface area (Å²) in [5.74, 6) is -0.154.